The highest BCUT2D eigenvalue weighted by molar-refractivity contribution is 5.96. The van der Waals surface area contributed by atoms with E-state index in [1.165, 1.54) is 13.0 Å². The van der Waals surface area contributed by atoms with Crippen LogP contribution in [0.4, 0.5) is 13.2 Å². The van der Waals surface area contributed by atoms with Gasteiger partial charge in [0.25, 0.3) is 0 Å². The molecule has 0 spiro atoms. The predicted molar refractivity (Wildman–Crippen MR) is 118 cm³/mol. The van der Waals surface area contributed by atoms with Crippen LogP contribution in [0.25, 0.3) is 0 Å². The number of hydrogen-bond donors (Lipinski definition) is 1. The van der Waals surface area contributed by atoms with E-state index in [4.69, 9.17) is 9.47 Å². The van der Waals surface area contributed by atoms with Gasteiger partial charge in [0.15, 0.2) is 0 Å². The number of carbonyl (C=O) groups excluding carboxylic acids is 1. The highest BCUT2D eigenvalue weighted by Crippen LogP contribution is 2.43. The van der Waals surface area contributed by atoms with Crippen molar-refractivity contribution in [1.82, 2.24) is 5.32 Å². The second kappa shape index (κ2) is 9.67. The first-order chi connectivity index (χ1) is 15.8. The van der Waals surface area contributed by atoms with Crippen LogP contribution in [0, 0.1) is 6.92 Å². The predicted octanol–water partition coefficient (Wildman–Crippen LogP) is 6.24. The summed E-state index contributed by atoms with van der Waals surface area (Å²) >= 11 is 0. The lowest BCUT2D eigenvalue weighted by atomic mass is 9.90. The second-order valence-electron chi connectivity index (χ2n) is 7.96. The Kier molecular flexibility index (Phi) is 6.70. The molecule has 3 aromatic rings. The van der Waals surface area contributed by atoms with E-state index in [9.17, 15) is 18.0 Å². The van der Waals surface area contributed by atoms with E-state index in [1.807, 2.05) is 30.3 Å². The molecule has 7 heteroatoms. The zero-order valence-electron chi connectivity index (χ0n) is 18.1. The van der Waals surface area contributed by atoms with E-state index in [0.29, 0.717) is 13.0 Å². The minimum Gasteiger partial charge on any atom is -0.488 e. The summed E-state index contributed by atoms with van der Waals surface area (Å²) in [5.74, 6) is -0.571. The van der Waals surface area contributed by atoms with Gasteiger partial charge in [0, 0.05) is 6.04 Å². The van der Waals surface area contributed by atoms with E-state index in [2.05, 4.69) is 5.32 Å². The molecular weight excluding hydrogens is 431 g/mol. The van der Waals surface area contributed by atoms with Crippen LogP contribution in [0.1, 0.15) is 51.5 Å². The molecule has 1 aliphatic heterocycles. The Bertz CT molecular complexity index is 1110. The Morgan fingerprint density at radius 3 is 2.33 bits per heavy atom. The van der Waals surface area contributed by atoms with Crippen LogP contribution < -0.4 is 14.8 Å². The molecule has 0 saturated carbocycles. The third kappa shape index (κ3) is 5.20. The van der Waals surface area contributed by atoms with Crippen molar-refractivity contribution in [2.75, 3.05) is 6.54 Å². The number of ether oxygens (including phenoxy) is 2. The quantitative estimate of drug-likeness (QED) is 0.353. The van der Waals surface area contributed by atoms with E-state index >= 15 is 0 Å². The third-order valence-electron chi connectivity index (χ3n) is 5.69. The Balaban J connectivity index is 1.80. The summed E-state index contributed by atoms with van der Waals surface area (Å²) in [6.45, 7) is 2.05. The van der Waals surface area contributed by atoms with Gasteiger partial charge in [-0.1, -0.05) is 48.5 Å². The van der Waals surface area contributed by atoms with E-state index in [-0.39, 0.29) is 34.8 Å². The lowest BCUT2D eigenvalue weighted by Crippen LogP contribution is -2.23. The lowest BCUT2D eigenvalue weighted by Gasteiger charge is -2.24. The molecule has 1 N–H and O–H groups in total. The first-order valence-corrected chi connectivity index (χ1v) is 10.8. The molecule has 0 radical (unpaired) electrons. The molecule has 0 amide bonds. The Hall–Kier alpha value is -3.32. The lowest BCUT2D eigenvalue weighted by molar-refractivity contribution is -0.138. The van der Waals surface area contributed by atoms with Crippen molar-refractivity contribution in [2.45, 2.75) is 38.6 Å². The monoisotopic (exact) mass is 455 g/mol. The largest absolute Gasteiger partial charge is 0.488 e. The van der Waals surface area contributed by atoms with Gasteiger partial charge in [-0.25, -0.2) is 4.79 Å². The molecule has 4 rings (SSSR count). The first-order valence-electron chi connectivity index (χ1n) is 10.8. The van der Waals surface area contributed by atoms with Crippen molar-refractivity contribution in [3.8, 4) is 11.5 Å². The van der Waals surface area contributed by atoms with E-state index in [0.717, 1.165) is 12.0 Å². The average molecular weight is 455 g/mol. The maximum absolute atomic E-state index is 14.2. The van der Waals surface area contributed by atoms with Crippen LogP contribution in [-0.4, -0.2) is 12.5 Å². The fourth-order valence-electron chi connectivity index (χ4n) is 4.16. The summed E-state index contributed by atoms with van der Waals surface area (Å²) in [6.07, 6.45) is -3.28. The molecule has 172 valence electrons. The van der Waals surface area contributed by atoms with Crippen LogP contribution in [-0.2, 0) is 12.8 Å². The molecule has 1 heterocycles. The van der Waals surface area contributed by atoms with Crippen molar-refractivity contribution in [2.24, 2.45) is 0 Å². The molecule has 1 saturated heterocycles. The minimum atomic E-state index is -4.64. The zero-order chi connectivity index (χ0) is 23.4. The molecule has 3 aromatic carbocycles. The summed E-state index contributed by atoms with van der Waals surface area (Å²) in [7, 11) is 0. The zero-order valence-corrected chi connectivity index (χ0v) is 18.1. The number of alkyl halides is 3. The van der Waals surface area contributed by atoms with Gasteiger partial charge >= 0.3 is 12.1 Å². The van der Waals surface area contributed by atoms with Gasteiger partial charge < -0.3 is 14.8 Å². The maximum Gasteiger partial charge on any atom is 0.417 e. The number of nitrogens with one attached hydrogen (secondary N) is 1. The third-order valence-corrected chi connectivity index (χ3v) is 5.69. The smallest absolute Gasteiger partial charge is 0.417 e. The van der Waals surface area contributed by atoms with Crippen molar-refractivity contribution in [3.05, 3.63) is 94.5 Å². The average Bonchev–Trinajstić information content (AvgIpc) is 3.32. The molecule has 4 nitrogen and oxygen atoms in total. The summed E-state index contributed by atoms with van der Waals surface area (Å²) in [4.78, 5) is 13.1. The normalized spacial score (nSPS) is 15.9. The number of rotatable bonds is 6. The van der Waals surface area contributed by atoms with Crippen molar-refractivity contribution >= 4 is 5.97 Å². The molecule has 0 unspecified atom stereocenters. The molecule has 1 aliphatic rings. The summed E-state index contributed by atoms with van der Waals surface area (Å²) < 4.78 is 53.9. The highest BCUT2D eigenvalue weighted by Gasteiger charge is 2.40. The van der Waals surface area contributed by atoms with Gasteiger partial charge in [-0.15, -0.1) is 0 Å². The van der Waals surface area contributed by atoms with Gasteiger partial charge in [0.1, 0.15) is 23.7 Å². The van der Waals surface area contributed by atoms with Gasteiger partial charge in [-0.2, -0.15) is 13.2 Å². The van der Waals surface area contributed by atoms with Gasteiger partial charge in [-0.3, -0.25) is 0 Å². The van der Waals surface area contributed by atoms with Gasteiger partial charge in [0.05, 0.1) is 5.56 Å². The fraction of sp³-hybridized carbons (Fsp3) is 0.269. The topological polar surface area (TPSA) is 47.6 Å². The molecule has 0 bridgehead atoms. The molecule has 0 aromatic heterocycles. The van der Waals surface area contributed by atoms with Gasteiger partial charge in [-0.05, 0) is 61.2 Å². The summed E-state index contributed by atoms with van der Waals surface area (Å²) in [5.41, 5.74) is -0.301. The Labute approximate surface area is 190 Å². The standard InChI is InChI=1S/C26H24F3NO3/c1-17-23(25(31)33-19-11-6-3-7-12-19)22(32-16-18-9-4-2-5-10-18)15-20(21-13-8-14-30-21)24(17)26(27,28)29/h2-7,9-12,15,21,30H,8,13-14,16H2,1H3/t21-/m0/s1. The second-order valence-corrected chi connectivity index (χ2v) is 7.96. The highest BCUT2D eigenvalue weighted by atomic mass is 19.4. The fourth-order valence-corrected chi connectivity index (χ4v) is 4.16. The SMILES string of the molecule is Cc1c(C(=O)Oc2ccccc2)c(OCc2ccccc2)cc([C@@H]2CCCN2)c1C(F)(F)F. The van der Waals surface area contributed by atoms with E-state index in [1.54, 1.807) is 30.3 Å². The molecule has 33 heavy (non-hydrogen) atoms. The maximum atomic E-state index is 14.2. The number of halogens is 3. The van der Waals surface area contributed by atoms with Crippen LogP contribution in [0.15, 0.2) is 66.7 Å². The number of carbonyl (C=O) groups is 1. The number of para-hydroxylation sites is 1. The van der Waals surface area contributed by atoms with Gasteiger partial charge in [0.2, 0.25) is 0 Å². The number of esters is 1. The number of hydrogen-bond acceptors (Lipinski definition) is 4. The van der Waals surface area contributed by atoms with Crippen LogP contribution in [0.3, 0.4) is 0 Å². The molecular formula is C26H24F3NO3. The van der Waals surface area contributed by atoms with Crippen LogP contribution in [0.2, 0.25) is 0 Å². The number of benzene rings is 3. The molecule has 1 atom stereocenters. The molecule has 1 fully saturated rings. The van der Waals surface area contributed by atoms with Crippen molar-refractivity contribution in [1.29, 1.82) is 0 Å². The minimum absolute atomic E-state index is 0.0778. The van der Waals surface area contributed by atoms with Crippen molar-refractivity contribution in [3.63, 3.8) is 0 Å². The van der Waals surface area contributed by atoms with Crippen LogP contribution in [0.5, 0.6) is 11.5 Å². The van der Waals surface area contributed by atoms with Crippen molar-refractivity contribution < 1.29 is 27.4 Å². The first kappa shape index (κ1) is 22.9. The summed E-state index contributed by atoms with van der Waals surface area (Å²) in [6, 6.07) is 18.4. The van der Waals surface area contributed by atoms with E-state index < -0.39 is 23.8 Å². The summed E-state index contributed by atoms with van der Waals surface area (Å²) in [5, 5.41) is 3.13. The molecule has 0 aliphatic carbocycles. The van der Waals surface area contributed by atoms with Crippen LogP contribution >= 0.6 is 0 Å². The Morgan fingerprint density at radius 1 is 1.06 bits per heavy atom. The Morgan fingerprint density at radius 2 is 1.73 bits per heavy atom.